The van der Waals surface area contributed by atoms with Crippen LogP contribution in [0.15, 0.2) is 70.7 Å². The maximum atomic E-state index is 12.9. The average Bonchev–Trinajstić information content (AvgIpc) is 3.24. The minimum Gasteiger partial charge on any atom is -0.354 e. The van der Waals surface area contributed by atoms with Crippen LogP contribution >= 0.6 is 11.8 Å². The molecular formula is C22H19FN6O4S. The molecule has 12 heteroatoms. The lowest BCUT2D eigenvalue weighted by Crippen LogP contribution is -2.29. The molecule has 0 bridgehead atoms. The van der Waals surface area contributed by atoms with E-state index in [2.05, 4.69) is 15.4 Å². The summed E-state index contributed by atoms with van der Waals surface area (Å²) < 4.78 is 15.9. The minimum absolute atomic E-state index is 0.0212. The van der Waals surface area contributed by atoms with E-state index in [1.807, 2.05) is 0 Å². The van der Waals surface area contributed by atoms with Gasteiger partial charge in [0.15, 0.2) is 5.65 Å². The van der Waals surface area contributed by atoms with E-state index < -0.39 is 4.92 Å². The standard InChI is InChI=1S/C22H19FN6O4S/c23-16-3-7-18(8-4-16)34-13-20(30)24-9-10-28-21-19(11-26-28)22(31)27(14-25-21)12-15-1-5-17(6-2-15)29(32)33/h1-8,11,14H,9-10,12-13H2,(H,24,30). The first kappa shape index (κ1) is 23.1. The van der Waals surface area contributed by atoms with Crippen molar-refractivity contribution >= 4 is 34.4 Å². The molecule has 0 aliphatic carbocycles. The Morgan fingerprint density at radius 2 is 1.88 bits per heavy atom. The summed E-state index contributed by atoms with van der Waals surface area (Å²) in [6, 6.07) is 11.9. The Hall–Kier alpha value is -4.06. The lowest BCUT2D eigenvalue weighted by Gasteiger charge is -2.08. The average molecular weight is 482 g/mol. The predicted octanol–water partition coefficient (Wildman–Crippen LogP) is 2.60. The number of carbonyl (C=O) groups is 1. The number of hydrogen-bond acceptors (Lipinski definition) is 7. The molecule has 1 N–H and O–H groups in total. The number of nitro benzene ring substituents is 1. The quantitative estimate of drug-likeness (QED) is 0.221. The van der Waals surface area contributed by atoms with Crippen molar-refractivity contribution < 1.29 is 14.1 Å². The van der Waals surface area contributed by atoms with Crippen molar-refractivity contribution in [1.82, 2.24) is 24.6 Å². The van der Waals surface area contributed by atoms with Crippen molar-refractivity contribution in [3.8, 4) is 0 Å². The van der Waals surface area contributed by atoms with Crippen molar-refractivity contribution in [2.24, 2.45) is 0 Å². The fourth-order valence-corrected chi connectivity index (χ4v) is 3.95. The molecular weight excluding hydrogens is 463 g/mol. The van der Waals surface area contributed by atoms with E-state index in [0.29, 0.717) is 24.1 Å². The Morgan fingerprint density at radius 3 is 2.59 bits per heavy atom. The van der Waals surface area contributed by atoms with Crippen LogP contribution in [0, 0.1) is 15.9 Å². The predicted molar refractivity (Wildman–Crippen MR) is 124 cm³/mol. The van der Waals surface area contributed by atoms with Crippen LogP contribution < -0.4 is 10.9 Å². The molecule has 0 atom stereocenters. The summed E-state index contributed by atoms with van der Waals surface area (Å²) in [6.07, 6.45) is 2.84. The van der Waals surface area contributed by atoms with Gasteiger partial charge in [-0.15, -0.1) is 11.8 Å². The number of thioether (sulfide) groups is 1. The van der Waals surface area contributed by atoms with Crippen molar-refractivity contribution in [1.29, 1.82) is 0 Å². The number of halogens is 1. The Kier molecular flexibility index (Phi) is 6.97. The second-order valence-corrected chi connectivity index (χ2v) is 8.35. The second kappa shape index (κ2) is 10.3. The fraction of sp³-hybridized carbons (Fsp3) is 0.182. The first-order valence-corrected chi connectivity index (χ1v) is 11.2. The summed E-state index contributed by atoms with van der Waals surface area (Å²) in [5.74, 6) is -0.312. The van der Waals surface area contributed by atoms with E-state index in [0.717, 1.165) is 10.5 Å². The van der Waals surface area contributed by atoms with Gasteiger partial charge in [0.1, 0.15) is 17.5 Å². The van der Waals surface area contributed by atoms with Gasteiger partial charge in [0.05, 0.1) is 30.0 Å². The Morgan fingerprint density at radius 1 is 1.15 bits per heavy atom. The van der Waals surface area contributed by atoms with E-state index in [-0.39, 0.29) is 35.3 Å². The number of rotatable bonds is 9. The summed E-state index contributed by atoms with van der Waals surface area (Å²) in [5.41, 5.74) is 0.823. The monoisotopic (exact) mass is 482 g/mol. The molecule has 0 spiro atoms. The molecule has 4 rings (SSSR count). The van der Waals surface area contributed by atoms with Gasteiger partial charge in [-0.25, -0.2) is 14.1 Å². The largest absolute Gasteiger partial charge is 0.354 e. The zero-order chi connectivity index (χ0) is 24.1. The third-order valence-electron chi connectivity index (χ3n) is 4.95. The van der Waals surface area contributed by atoms with Crippen molar-refractivity contribution in [2.45, 2.75) is 18.0 Å². The lowest BCUT2D eigenvalue weighted by atomic mass is 10.2. The third kappa shape index (κ3) is 5.46. The van der Waals surface area contributed by atoms with Crippen LogP contribution in [0.2, 0.25) is 0 Å². The van der Waals surface area contributed by atoms with E-state index in [1.165, 1.54) is 53.1 Å². The smallest absolute Gasteiger partial charge is 0.269 e. The topological polar surface area (TPSA) is 125 Å². The van der Waals surface area contributed by atoms with E-state index >= 15 is 0 Å². The molecule has 4 aromatic rings. The highest BCUT2D eigenvalue weighted by Gasteiger charge is 2.12. The molecule has 2 aromatic heterocycles. The van der Waals surface area contributed by atoms with Gasteiger partial charge < -0.3 is 5.32 Å². The van der Waals surface area contributed by atoms with Gasteiger partial charge in [0.25, 0.3) is 11.2 Å². The molecule has 0 unspecified atom stereocenters. The summed E-state index contributed by atoms with van der Waals surface area (Å²) in [5, 5.41) is 18.1. The van der Waals surface area contributed by atoms with Crippen molar-refractivity contribution in [3.05, 3.63) is 92.9 Å². The van der Waals surface area contributed by atoms with Gasteiger partial charge in [-0.2, -0.15) is 5.10 Å². The Bertz CT molecular complexity index is 1390. The lowest BCUT2D eigenvalue weighted by molar-refractivity contribution is -0.384. The van der Waals surface area contributed by atoms with Gasteiger partial charge in [0, 0.05) is 23.6 Å². The first-order valence-electron chi connectivity index (χ1n) is 10.2. The number of carbonyl (C=O) groups excluding carboxylic acids is 1. The molecule has 0 aliphatic rings. The number of nitro groups is 1. The molecule has 10 nitrogen and oxygen atoms in total. The number of non-ortho nitro benzene ring substituents is 1. The molecule has 1 amide bonds. The van der Waals surface area contributed by atoms with E-state index in [1.54, 1.807) is 28.9 Å². The van der Waals surface area contributed by atoms with Crippen LogP contribution in [-0.2, 0) is 17.9 Å². The first-order chi connectivity index (χ1) is 16.4. The molecule has 0 saturated carbocycles. The Labute approximate surface area is 196 Å². The van der Waals surface area contributed by atoms with Crippen LogP contribution in [0.4, 0.5) is 10.1 Å². The zero-order valence-corrected chi connectivity index (χ0v) is 18.6. The minimum atomic E-state index is -0.481. The molecule has 0 fully saturated rings. The fourth-order valence-electron chi connectivity index (χ4n) is 3.23. The van der Waals surface area contributed by atoms with Crippen molar-refractivity contribution in [3.63, 3.8) is 0 Å². The summed E-state index contributed by atoms with van der Waals surface area (Å²) >= 11 is 1.30. The second-order valence-electron chi connectivity index (χ2n) is 7.30. The number of fused-ring (bicyclic) bond motifs is 1. The van der Waals surface area contributed by atoms with Gasteiger partial charge in [0.2, 0.25) is 5.91 Å². The van der Waals surface area contributed by atoms with Crippen LogP contribution in [0.3, 0.4) is 0 Å². The summed E-state index contributed by atoms with van der Waals surface area (Å²) in [4.78, 5) is 40.3. The number of aromatic nitrogens is 4. The van der Waals surface area contributed by atoms with Crippen LogP contribution in [0.25, 0.3) is 11.0 Å². The zero-order valence-electron chi connectivity index (χ0n) is 17.8. The van der Waals surface area contributed by atoms with Crippen LogP contribution in [0.1, 0.15) is 5.56 Å². The summed E-state index contributed by atoms with van der Waals surface area (Å²) in [7, 11) is 0. The highest BCUT2D eigenvalue weighted by Crippen LogP contribution is 2.17. The number of amides is 1. The van der Waals surface area contributed by atoms with E-state index in [4.69, 9.17) is 0 Å². The maximum absolute atomic E-state index is 12.9. The van der Waals surface area contributed by atoms with Gasteiger partial charge in [-0.05, 0) is 29.8 Å². The number of benzene rings is 2. The molecule has 34 heavy (non-hydrogen) atoms. The maximum Gasteiger partial charge on any atom is 0.269 e. The van der Waals surface area contributed by atoms with Crippen LogP contribution in [0.5, 0.6) is 0 Å². The van der Waals surface area contributed by atoms with Gasteiger partial charge in [-0.1, -0.05) is 12.1 Å². The number of hydrogen-bond donors (Lipinski definition) is 1. The van der Waals surface area contributed by atoms with Crippen molar-refractivity contribution in [2.75, 3.05) is 12.3 Å². The molecule has 0 aliphatic heterocycles. The number of nitrogens with zero attached hydrogens (tertiary/aromatic N) is 5. The molecule has 2 heterocycles. The molecule has 174 valence electrons. The summed E-state index contributed by atoms with van der Waals surface area (Å²) in [6.45, 7) is 0.842. The normalized spacial score (nSPS) is 11.0. The van der Waals surface area contributed by atoms with Gasteiger partial charge in [-0.3, -0.25) is 24.3 Å². The Balaban J connectivity index is 1.34. The molecule has 2 aromatic carbocycles. The van der Waals surface area contributed by atoms with E-state index in [9.17, 15) is 24.1 Å². The SMILES string of the molecule is O=C(CSc1ccc(F)cc1)NCCn1ncc2c(=O)n(Cc3ccc([N+](=O)[O-])cc3)cnc21. The molecule has 0 radical (unpaired) electrons. The molecule has 0 saturated heterocycles. The van der Waals surface area contributed by atoms with Crippen LogP contribution in [-0.4, -0.2) is 42.5 Å². The number of nitrogens with one attached hydrogen (secondary N) is 1. The third-order valence-corrected chi connectivity index (χ3v) is 5.96. The highest BCUT2D eigenvalue weighted by molar-refractivity contribution is 8.00. The van der Waals surface area contributed by atoms with Gasteiger partial charge >= 0.3 is 0 Å². The highest BCUT2D eigenvalue weighted by atomic mass is 32.2.